The summed E-state index contributed by atoms with van der Waals surface area (Å²) in [6.45, 7) is 4.99. The lowest BCUT2D eigenvalue weighted by molar-refractivity contribution is -0.0482. The van der Waals surface area contributed by atoms with Gasteiger partial charge >= 0.3 is 0 Å². The Balaban J connectivity index is 1.35. The molecule has 0 spiro atoms. The molecule has 4 heteroatoms. The number of benzene rings is 1. The van der Waals surface area contributed by atoms with E-state index in [1.807, 2.05) is 6.07 Å². The third kappa shape index (κ3) is 2.80. The third-order valence-electron chi connectivity index (χ3n) is 5.01. The predicted molar refractivity (Wildman–Crippen MR) is 81.6 cm³/mol. The topological polar surface area (TPSA) is 33.7 Å². The van der Waals surface area contributed by atoms with Crippen molar-refractivity contribution in [1.82, 2.24) is 10.2 Å². The SMILES string of the molecule is c1ccc2c(c1)OCCC2NCC1CN2CCCC2CO1. The van der Waals surface area contributed by atoms with Crippen LogP contribution in [0.4, 0.5) is 0 Å². The molecule has 1 aromatic rings. The van der Waals surface area contributed by atoms with Gasteiger partial charge in [0.1, 0.15) is 5.75 Å². The number of ether oxygens (including phenoxy) is 2. The Morgan fingerprint density at radius 2 is 2.19 bits per heavy atom. The molecule has 0 aliphatic carbocycles. The molecule has 3 atom stereocenters. The third-order valence-corrected chi connectivity index (χ3v) is 5.01. The quantitative estimate of drug-likeness (QED) is 0.922. The number of nitrogens with zero attached hydrogens (tertiary/aromatic N) is 1. The first kappa shape index (κ1) is 13.6. The van der Waals surface area contributed by atoms with Crippen LogP contribution in [0.5, 0.6) is 5.75 Å². The van der Waals surface area contributed by atoms with Crippen molar-refractivity contribution in [2.24, 2.45) is 0 Å². The lowest BCUT2D eigenvalue weighted by atomic mass is 10.0. The zero-order valence-corrected chi connectivity index (χ0v) is 12.5. The summed E-state index contributed by atoms with van der Waals surface area (Å²) in [5.74, 6) is 1.03. The molecule has 0 radical (unpaired) electrons. The van der Waals surface area contributed by atoms with Gasteiger partial charge < -0.3 is 14.8 Å². The molecule has 1 aromatic carbocycles. The summed E-state index contributed by atoms with van der Waals surface area (Å²) in [4.78, 5) is 2.60. The van der Waals surface area contributed by atoms with Crippen molar-refractivity contribution in [1.29, 1.82) is 0 Å². The Kier molecular flexibility index (Phi) is 3.84. The molecule has 1 N–H and O–H groups in total. The number of hydrogen-bond acceptors (Lipinski definition) is 4. The molecule has 3 aliphatic rings. The van der Waals surface area contributed by atoms with Crippen LogP contribution in [-0.2, 0) is 4.74 Å². The normalized spacial score (nSPS) is 32.3. The number of nitrogens with one attached hydrogen (secondary N) is 1. The second-order valence-electron chi connectivity index (χ2n) is 6.38. The molecule has 3 heterocycles. The van der Waals surface area contributed by atoms with Gasteiger partial charge in [-0.05, 0) is 25.5 Å². The van der Waals surface area contributed by atoms with Crippen LogP contribution in [0, 0.1) is 0 Å². The van der Waals surface area contributed by atoms with E-state index in [1.54, 1.807) is 0 Å². The Bertz CT molecular complexity index is 493. The standard InChI is InChI=1S/C17H24N2O2/c1-2-6-17-15(5-1)16(7-9-20-17)18-10-14-11-19-8-3-4-13(19)12-21-14/h1-2,5-6,13-14,16,18H,3-4,7-12H2. The molecular weight excluding hydrogens is 264 g/mol. The van der Waals surface area contributed by atoms with Crippen molar-refractivity contribution in [3.05, 3.63) is 29.8 Å². The maximum atomic E-state index is 6.04. The summed E-state index contributed by atoms with van der Waals surface area (Å²) in [6.07, 6.45) is 4.01. The zero-order chi connectivity index (χ0) is 14.1. The maximum Gasteiger partial charge on any atom is 0.124 e. The van der Waals surface area contributed by atoms with E-state index in [2.05, 4.69) is 28.4 Å². The average Bonchev–Trinajstić information content (AvgIpc) is 3.00. The Hall–Kier alpha value is -1.10. The molecule has 0 bridgehead atoms. The highest BCUT2D eigenvalue weighted by atomic mass is 16.5. The lowest BCUT2D eigenvalue weighted by Crippen LogP contribution is -2.49. The average molecular weight is 288 g/mol. The fourth-order valence-corrected chi connectivity index (χ4v) is 3.84. The lowest BCUT2D eigenvalue weighted by Gasteiger charge is -2.36. The van der Waals surface area contributed by atoms with Crippen LogP contribution in [-0.4, -0.2) is 49.9 Å². The summed E-state index contributed by atoms with van der Waals surface area (Å²) >= 11 is 0. The largest absolute Gasteiger partial charge is 0.493 e. The van der Waals surface area contributed by atoms with Crippen LogP contribution >= 0.6 is 0 Å². The van der Waals surface area contributed by atoms with Gasteiger partial charge in [0, 0.05) is 37.2 Å². The number of morpholine rings is 1. The summed E-state index contributed by atoms with van der Waals surface area (Å²) in [5, 5.41) is 3.70. The van der Waals surface area contributed by atoms with Gasteiger partial charge in [0.15, 0.2) is 0 Å². The van der Waals surface area contributed by atoms with E-state index < -0.39 is 0 Å². The van der Waals surface area contributed by atoms with Crippen LogP contribution in [0.2, 0.25) is 0 Å². The first-order valence-corrected chi connectivity index (χ1v) is 8.21. The Morgan fingerprint density at radius 3 is 3.19 bits per heavy atom. The summed E-state index contributed by atoms with van der Waals surface area (Å²) in [6, 6.07) is 9.45. The van der Waals surface area contributed by atoms with Gasteiger partial charge in [-0.2, -0.15) is 0 Å². The second-order valence-corrected chi connectivity index (χ2v) is 6.38. The van der Waals surface area contributed by atoms with Gasteiger partial charge in [0.2, 0.25) is 0 Å². The van der Waals surface area contributed by atoms with E-state index >= 15 is 0 Å². The number of fused-ring (bicyclic) bond motifs is 2. The zero-order valence-electron chi connectivity index (χ0n) is 12.5. The minimum atomic E-state index is 0.328. The predicted octanol–water partition coefficient (Wildman–Crippen LogP) is 1.96. The Labute approximate surface area is 126 Å². The fraction of sp³-hybridized carbons (Fsp3) is 0.647. The van der Waals surface area contributed by atoms with Gasteiger partial charge in [-0.3, -0.25) is 4.90 Å². The van der Waals surface area contributed by atoms with Gasteiger partial charge in [-0.1, -0.05) is 18.2 Å². The van der Waals surface area contributed by atoms with Crippen LogP contribution in [0.15, 0.2) is 24.3 Å². The van der Waals surface area contributed by atoms with Crippen molar-refractivity contribution in [3.8, 4) is 5.75 Å². The summed E-state index contributed by atoms with van der Waals surface area (Å²) in [7, 11) is 0. The highest BCUT2D eigenvalue weighted by molar-refractivity contribution is 5.37. The molecule has 0 amide bonds. The van der Waals surface area contributed by atoms with E-state index in [9.17, 15) is 0 Å². The van der Waals surface area contributed by atoms with Crippen LogP contribution in [0.3, 0.4) is 0 Å². The number of hydrogen-bond donors (Lipinski definition) is 1. The summed E-state index contributed by atoms with van der Waals surface area (Å²) in [5.41, 5.74) is 1.29. The van der Waals surface area contributed by atoms with E-state index in [0.717, 1.165) is 38.5 Å². The van der Waals surface area contributed by atoms with E-state index in [1.165, 1.54) is 24.9 Å². The molecule has 2 fully saturated rings. The second kappa shape index (κ2) is 5.95. The molecule has 3 unspecified atom stereocenters. The summed E-state index contributed by atoms with van der Waals surface area (Å²) < 4.78 is 11.8. The molecule has 0 saturated carbocycles. The number of rotatable bonds is 3. The molecule has 2 saturated heterocycles. The molecule has 4 rings (SSSR count). The molecule has 114 valence electrons. The van der Waals surface area contributed by atoms with E-state index in [4.69, 9.17) is 9.47 Å². The first-order chi connectivity index (χ1) is 10.4. The Morgan fingerprint density at radius 1 is 1.24 bits per heavy atom. The van der Waals surface area contributed by atoms with E-state index in [0.29, 0.717) is 18.2 Å². The highest BCUT2D eigenvalue weighted by Gasteiger charge is 2.32. The minimum absolute atomic E-state index is 0.328. The smallest absolute Gasteiger partial charge is 0.124 e. The van der Waals surface area contributed by atoms with Crippen LogP contribution < -0.4 is 10.1 Å². The molecule has 4 nitrogen and oxygen atoms in total. The first-order valence-electron chi connectivity index (χ1n) is 8.21. The van der Waals surface area contributed by atoms with Crippen molar-refractivity contribution in [2.45, 2.75) is 37.5 Å². The van der Waals surface area contributed by atoms with Gasteiger partial charge in [0.05, 0.1) is 19.3 Å². The van der Waals surface area contributed by atoms with Crippen molar-refractivity contribution < 1.29 is 9.47 Å². The van der Waals surface area contributed by atoms with Crippen molar-refractivity contribution in [3.63, 3.8) is 0 Å². The van der Waals surface area contributed by atoms with Crippen LogP contribution in [0.25, 0.3) is 0 Å². The van der Waals surface area contributed by atoms with Gasteiger partial charge in [-0.25, -0.2) is 0 Å². The molecule has 21 heavy (non-hydrogen) atoms. The fourth-order valence-electron chi connectivity index (χ4n) is 3.84. The minimum Gasteiger partial charge on any atom is -0.493 e. The number of para-hydroxylation sites is 1. The maximum absolute atomic E-state index is 6.04. The monoisotopic (exact) mass is 288 g/mol. The van der Waals surface area contributed by atoms with E-state index in [-0.39, 0.29) is 0 Å². The molecule has 3 aliphatic heterocycles. The van der Waals surface area contributed by atoms with Crippen LogP contribution in [0.1, 0.15) is 30.9 Å². The van der Waals surface area contributed by atoms with Gasteiger partial charge in [-0.15, -0.1) is 0 Å². The molecular formula is C17H24N2O2. The van der Waals surface area contributed by atoms with Crippen molar-refractivity contribution in [2.75, 3.05) is 32.8 Å². The van der Waals surface area contributed by atoms with Gasteiger partial charge in [0.25, 0.3) is 0 Å². The van der Waals surface area contributed by atoms with Crippen molar-refractivity contribution >= 4 is 0 Å². The highest BCUT2D eigenvalue weighted by Crippen LogP contribution is 2.31. The molecule has 0 aromatic heterocycles.